The van der Waals surface area contributed by atoms with Crippen molar-refractivity contribution < 1.29 is 28.9 Å². The Balaban J connectivity index is 1.89. The van der Waals surface area contributed by atoms with Gasteiger partial charge in [-0.25, -0.2) is 0 Å². The number of aliphatic hydroxyl groups excluding tert-OH is 1. The van der Waals surface area contributed by atoms with Crippen LogP contribution in [0.2, 0.25) is 0 Å². The second-order valence-corrected chi connectivity index (χ2v) is 11.3. The number of rotatable bonds is 8. The molecule has 1 unspecified atom stereocenters. The van der Waals surface area contributed by atoms with Crippen LogP contribution in [-0.2, 0) is 15.0 Å². The molecule has 0 saturated carbocycles. The number of aliphatic hydroxyl groups is 1. The molecular formula is C33H37NO6. The molecule has 4 rings (SSSR count). The number of nitrogens with zero attached hydrogens (tertiary/aromatic N) is 1. The molecule has 3 aromatic carbocycles. The summed E-state index contributed by atoms with van der Waals surface area (Å²) in [6.07, 6.45) is 0. The van der Waals surface area contributed by atoms with E-state index in [9.17, 15) is 14.7 Å². The molecule has 40 heavy (non-hydrogen) atoms. The second kappa shape index (κ2) is 11.5. The summed E-state index contributed by atoms with van der Waals surface area (Å²) in [4.78, 5) is 28.6. The first kappa shape index (κ1) is 28.7. The fraction of sp³-hybridized carbons (Fsp3) is 0.333. The molecule has 0 radical (unpaired) electrons. The molecule has 7 nitrogen and oxygen atoms in total. The lowest BCUT2D eigenvalue weighted by Gasteiger charge is -2.26. The van der Waals surface area contributed by atoms with E-state index in [-0.39, 0.29) is 16.7 Å². The van der Waals surface area contributed by atoms with Gasteiger partial charge in [-0.05, 0) is 71.0 Å². The third-order valence-corrected chi connectivity index (χ3v) is 6.89. The van der Waals surface area contributed by atoms with E-state index in [1.165, 1.54) is 12.0 Å². The van der Waals surface area contributed by atoms with Gasteiger partial charge in [-0.2, -0.15) is 0 Å². The molecule has 0 aromatic heterocycles. The molecule has 1 atom stereocenters. The van der Waals surface area contributed by atoms with Crippen LogP contribution < -0.4 is 19.1 Å². The molecule has 0 spiro atoms. The van der Waals surface area contributed by atoms with Gasteiger partial charge in [0.05, 0.1) is 38.0 Å². The molecule has 1 aliphatic rings. The normalized spacial score (nSPS) is 16.9. The Labute approximate surface area is 236 Å². The zero-order valence-electron chi connectivity index (χ0n) is 24.1. The standard InChI is InChI=1S/C33H37NO6/c1-20(2)19-40-25-15-11-23(12-16-25)34-29(21-8-13-24(38-6)14-9-21)28(31(36)32(34)37)30(35)26-18-22(33(3,4)5)10-17-27(26)39-7/h8-18,20,29,35H,19H2,1-7H3/b30-28+. The van der Waals surface area contributed by atoms with Crippen LogP contribution in [-0.4, -0.2) is 37.6 Å². The quantitative estimate of drug-likeness (QED) is 0.194. The smallest absolute Gasteiger partial charge is 0.300 e. The first-order chi connectivity index (χ1) is 19.0. The summed E-state index contributed by atoms with van der Waals surface area (Å²) < 4.78 is 16.7. The van der Waals surface area contributed by atoms with Crippen LogP contribution in [0.1, 0.15) is 57.4 Å². The number of ether oxygens (including phenoxy) is 3. The number of benzene rings is 3. The summed E-state index contributed by atoms with van der Waals surface area (Å²) in [7, 11) is 3.07. The van der Waals surface area contributed by atoms with Crippen LogP contribution in [0.5, 0.6) is 17.2 Å². The summed E-state index contributed by atoms with van der Waals surface area (Å²) in [5.41, 5.74) is 2.22. The highest BCUT2D eigenvalue weighted by Gasteiger charge is 2.47. The Morgan fingerprint density at radius 3 is 2.08 bits per heavy atom. The molecule has 3 aromatic rings. The van der Waals surface area contributed by atoms with Gasteiger partial charge >= 0.3 is 0 Å². The number of hydrogen-bond donors (Lipinski definition) is 1. The summed E-state index contributed by atoms with van der Waals surface area (Å²) in [5, 5.41) is 11.7. The van der Waals surface area contributed by atoms with E-state index in [1.807, 2.05) is 12.1 Å². The van der Waals surface area contributed by atoms with Gasteiger partial charge < -0.3 is 19.3 Å². The molecule has 1 aliphatic heterocycles. The maximum Gasteiger partial charge on any atom is 0.300 e. The molecule has 7 heteroatoms. The van der Waals surface area contributed by atoms with Gasteiger partial charge in [0, 0.05) is 5.69 Å². The predicted molar refractivity (Wildman–Crippen MR) is 156 cm³/mol. The van der Waals surface area contributed by atoms with Gasteiger partial charge in [-0.15, -0.1) is 0 Å². The predicted octanol–water partition coefficient (Wildman–Crippen LogP) is 6.66. The Kier molecular flexibility index (Phi) is 8.24. The maximum atomic E-state index is 13.6. The SMILES string of the molecule is COc1ccc(C2/C(=C(\O)c3cc(C(C)(C)C)ccc3OC)C(=O)C(=O)N2c2ccc(OCC(C)C)cc2)cc1. The van der Waals surface area contributed by atoms with Crippen LogP contribution in [0.25, 0.3) is 5.76 Å². The van der Waals surface area contributed by atoms with E-state index >= 15 is 0 Å². The van der Waals surface area contributed by atoms with Crippen LogP contribution in [0.3, 0.4) is 0 Å². The van der Waals surface area contributed by atoms with Gasteiger partial charge in [0.25, 0.3) is 11.7 Å². The molecule has 1 saturated heterocycles. The number of hydrogen-bond acceptors (Lipinski definition) is 6. The molecule has 1 fully saturated rings. The van der Waals surface area contributed by atoms with E-state index in [0.717, 1.165) is 5.56 Å². The fourth-order valence-electron chi connectivity index (χ4n) is 4.67. The van der Waals surface area contributed by atoms with Crippen molar-refractivity contribution in [3.8, 4) is 17.2 Å². The summed E-state index contributed by atoms with van der Waals surface area (Å²) in [5.74, 6) is 0.260. The van der Waals surface area contributed by atoms with Crippen LogP contribution in [0.15, 0.2) is 72.3 Å². The molecule has 0 aliphatic carbocycles. The highest BCUT2D eigenvalue weighted by Crippen LogP contribution is 2.44. The van der Waals surface area contributed by atoms with Gasteiger partial charge in [-0.1, -0.05) is 52.8 Å². The largest absolute Gasteiger partial charge is 0.507 e. The van der Waals surface area contributed by atoms with E-state index < -0.39 is 17.7 Å². The van der Waals surface area contributed by atoms with Crippen molar-refractivity contribution >= 4 is 23.1 Å². The fourth-order valence-corrected chi connectivity index (χ4v) is 4.67. The van der Waals surface area contributed by atoms with Gasteiger partial charge in [-0.3, -0.25) is 14.5 Å². The number of amides is 1. The maximum absolute atomic E-state index is 13.6. The van der Waals surface area contributed by atoms with Crippen LogP contribution in [0, 0.1) is 5.92 Å². The van der Waals surface area contributed by atoms with Crippen molar-refractivity contribution in [2.45, 2.75) is 46.1 Å². The monoisotopic (exact) mass is 543 g/mol. The molecular weight excluding hydrogens is 506 g/mol. The van der Waals surface area contributed by atoms with Gasteiger partial charge in [0.1, 0.15) is 23.0 Å². The summed E-state index contributed by atoms with van der Waals surface area (Å²) in [6, 6.07) is 18.8. The van der Waals surface area contributed by atoms with E-state index in [4.69, 9.17) is 14.2 Å². The number of carbonyl (C=O) groups is 2. The van der Waals surface area contributed by atoms with E-state index in [2.05, 4.69) is 34.6 Å². The van der Waals surface area contributed by atoms with Crippen molar-refractivity contribution in [2.24, 2.45) is 5.92 Å². The highest BCUT2D eigenvalue weighted by atomic mass is 16.5. The third-order valence-electron chi connectivity index (χ3n) is 6.89. The Morgan fingerprint density at radius 1 is 0.900 bits per heavy atom. The molecule has 1 amide bonds. The molecule has 1 heterocycles. The summed E-state index contributed by atoms with van der Waals surface area (Å²) >= 11 is 0. The summed E-state index contributed by atoms with van der Waals surface area (Å²) in [6.45, 7) is 10.9. The zero-order valence-corrected chi connectivity index (χ0v) is 24.1. The molecule has 0 bridgehead atoms. The Hall–Kier alpha value is -4.26. The number of Topliss-reactive ketones (excluding diaryl/α,β-unsaturated/α-hetero) is 1. The van der Waals surface area contributed by atoms with Crippen molar-refractivity contribution in [3.63, 3.8) is 0 Å². The highest BCUT2D eigenvalue weighted by molar-refractivity contribution is 6.51. The number of methoxy groups -OCH3 is 2. The minimum atomic E-state index is -0.878. The van der Waals surface area contributed by atoms with Crippen molar-refractivity contribution in [1.29, 1.82) is 0 Å². The van der Waals surface area contributed by atoms with Gasteiger partial charge in [0.2, 0.25) is 0 Å². The lowest BCUT2D eigenvalue weighted by molar-refractivity contribution is -0.132. The number of ketones is 1. The Morgan fingerprint density at radius 2 is 1.52 bits per heavy atom. The molecule has 1 N–H and O–H groups in total. The Bertz CT molecular complexity index is 1410. The number of anilines is 1. The average molecular weight is 544 g/mol. The first-order valence-corrected chi connectivity index (χ1v) is 13.3. The van der Waals surface area contributed by atoms with E-state index in [1.54, 1.807) is 61.7 Å². The lowest BCUT2D eigenvalue weighted by atomic mass is 9.85. The van der Waals surface area contributed by atoms with E-state index in [0.29, 0.717) is 46.6 Å². The third kappa shape index (κ3) is 5.69. The second-order valence-electron chi connectivity index (χ2n) is 11.3. The van der Waals surface area contributed by atoms with Crippen molar-refractivity contribution in [1.82, 2.24) is 0 Å². The van der Waals surface area contributed by atoms with Gasteiger partial charge in [0.15, 0.2) is 0 Å². The lowest BCUT2D eigenvalue weighted by Crippen LogP contribution is -2.29. The zero-order chi connectivity index (χ0) is 29.2. The van der Waals surface area contributed by atoms with Crippen molar-refractivity contribution in [3.05, 3.63) is 89.0 Å². The average Bonchev–Trinajstić information content (AvgIpc) is 3.20. The first-order valence-electron chi connectivity index (χ1n) is 13.3. The number of carbonyl (C=O) groups excluding carboxylic acids is 2. The minimum absolute atomic E-state index is 0.0142. The minimum Gasteiger partial charge on any atom is -0.507 e. The van der Waals surface area contributed by atoms with Crippen molar-refractivity contribution in [2.75, 3.05) is 25.7 Å². The van der Waals surface area contributed by atoms with Crippen LogP contribution in [0.4, 0.5) is 5.69 Å². The van der Waals surface area contributed by atoms with Crippen LogP contribution >= 0.6 is 0 Å². The molecule has 210 valence electrons. The topological polar surface area (TPSA) is 85.3 Å².